The predicted molar refractivity (Wildman–Crippen MR) is 84.6 cm³/mol. The van der Waals surface area contributed by atoms with Crippen LogP contribution in [0.15, 0.2) is 42.5 Å². The van der Waals surface area contributed by atoms with Gasteiger partial charge in [-0.25, -0.2) is 14.3 Å². The van der Waals surface area contributed by atoms with Gasteiger partial charge in [0.25, 0.3) is 5.88 Å². The molecule has 2 aromatic carbocycles. The summed E-state index contributed by atoms with van der Waals surface area (Å²) in [4.78, 5) is 11.5. The molecule has 0 unspecified atom stereocenters. The first-order valence-electron chi connectivity index (χ1n) is 7.44. The lowest BCUT2D eigenvalue weighted by Crippen LogP contribution is -2.04. The molecule has 0 aliphatic heterocycles. The summed E-state index contributed by atoms with van der Waals surface area (Å²) in [6.07, 6.45) is -4.45. The van der Waals surface area contributed by atoms with Crippen molar-refractivity contribution in [3.05, 3.63) is 59.5 Å². The van der Waals surface area contributed by atoms with E-state index in [0.29, 0.717) is 11.1 Å². The quantitative estimate of drug-likeness (QED) is 0.541. The standard InChI is InChI=1S/C17H11F4N3O3/c1-26-16(25)14-15(23-24-22-14)27-13-7-4-10(8-12(13)18)9-2-5-11(6-3-9)17(19,20)21/h2-8H,1H3,(H,22,23,24). The predicted octanol–water partition coefficient (Wildman–Crippen LogP) is 4.21. The molecule has 10 heteroatoms. The molecule has 3 rings (SSSR count). The fraction of sp³-hybridized carbons (Fsp3) is 0.118. The van der Waals surface area contributed by atoms with Gasteiger partial charge in [0.2, 0.25) is 5.69 Å². The molecular weight excluding hydrogens is 370 g/mol. The molecule has 0 spiro atoms. The number of aromatic amines is 1. The molecule has 27 heavy (non-hydrogen) atoms. The van der Waals surface area contributed by atoms with Gasteiger partial charge in [0.1, 0.15) is 0 Å². The van der Waals surface area contributed by atoms with Crippen molar-refractivity contribution in [3.8, 4) is 22.8 Å². The summed E-state index contributed by atoms with van der Waals surface area (Å²) in [7, 11) is 1.15. The highest BCUT2D eigenvalue weighted by Crippen LogP contribution is 2.33. The van der Waals surface area contributed by atoms with Gasteiger partial charge in [-0.1, -0.05) is 28.5 Å². The van der Waals surface area contributed by atoms with Crippen LogP contribution in [0.5, 0.6) is 11.6 Å². The van der Waals surface area contributed by atoms with E-state index >= 15 is 0 Å². The molecule has 0 bridgehead atoms. The number of esters is 1. The van der Waals surface area contributed by atoms with Crippen LogP contribution in [0, 0.1) is 5.82 Å². The highest BCUT2D eigenvalue weighted by atomic mass is 19.4. The van der Waals surface area contributed by atoms with E-state index in [-0.39, 0.29) is 17.3 Å². The number of carbonyl (C=O) groups is 1. The van der Waals surface area contributed by atoms with Crippen LogP contribution in [0.4, 0.5) is 17.6 Å². The number of carbonyl (C=O) groups excluding carboxylic acids is 1. The number of nitrogens with zero attached hydrogens (tertiary/aromatic N) is 2. The monoisotopic (exact) mass is 381 g/mol. The Morgan fingerprint density at radius 1 is 1.07 bits per heavy atom. The van der Waals surface area contributed by atoms with Gasteiger partial charge in [0.15, 0.2) is 11.6 Å². The van der Waals surface area contributed by atoms with Crippen molar-refractivity contribution < 1.29 is 31.8 Å². The number of ether oxygens (including phenoxy) is 2. The van der Waals surface area contributed by atoms with Crippen molar-refractivity contribution in [1.82, 2.24) is 15.4 Å². The summed E-state index contributed by atoms with van der Waals surface area (Å²) in [5.74, 6) is -2.12. The Bertz CT molecular complexity index is 968. The highest BCUT2D eigenvalue weighted by molar-refractivity contribution is 5.89. The summed E-state index contributed by atoms with van der Waals surface area (Å²) in [6, 6.07) is 8.12. The Kier molecular flexibility index (Phi) is 4.80. The minimum Gasteiger partial charge on any atom is -0.464 e. The summed E-state index contributed by atoms with van der Waals surface area (Å²) in [5.41, 5.74) is -0.246. The molecule has 0 saturated carbocycles. The van der Waals surface area contributed by atoms with E-state index in [1.807, 2.05) is 0 Å². The van der Waals surface area contributed by atoms with Crippen LogP contribution in [-0.4, -0.2) is 28.5 Å². The Balaban J connectivity index is 1.84. The van der Waals surface area contributed by atoms with E-state index in [0.717, 1.165) is 25.3 Å². The molecule has 0 saturated heterocycles. The van der Waals surface area contributed by atoms with Gasteiger partial charge in [-0.05, 0) is 35.4 Å². The van der Waals surface area contributed by atoms with Crippen molar-refractivity contribution in [1.29, 1.82) is 0 Å². The zero-order chi connectivity index (χ0) is 19.6. The van der Waals surface area contributed by atoms with Crippen molar-refractivity contribution in [2.75, 3.05) is 7.11 Å². The van der Waals surface area contributed by atoms with Crippen molar-refractivity contribution in [2.24, 2.45) is 0 Å². The van der Waals surface area contributed by atoms with Crippen LogP contribution < -0.4 is 4.74 Å². The average Bonchev–Trinajstić information content (AvgIpc) is 3.10. The lowest BCUT2D eigenvalue weighted by Gasteiger charge is -2.09. The second-order valence-electron chi connectivity index (χ2n) is 5.31. The van der Waals surface area contributed by atoms with Crippen LogP contribution in [0.2, 0.25) is 0 Å². The van der Waals surface area contributed by atoms with Gasteiger partial charge in [-0.2, -0.15) is 13.2 Å². The van der Waals surface area contributed by atoms with E-state index in [1.54, 1.807) is 0 Å². The second kappa shape index (κ2) is 7.06. The van der Waals surface area contributed by atoms with E-state index < -0.39 is 23.5 Å². The first kappa shape index (κ1) is 18.4. The first-order valence-corrected chi connectivity index (χ1v) is 7.44. The number of aromatic nitrogens is 3. The van der Waals surface area contributed by atoms with E-state index in [1.165, 1.54) is 24.3 Å². The number of H-pyrrole nitrogens is 1. The summed E-state index contributed by atoms with van der Waals surface area (Å²) in [6.45, 7) is 0. The van der Waals surface area contributed by atoms with Gasteiger partial charge in [-0.3, -0.25) is 0 Å². The minimum absolute atomic E-state index is 0.191. The molecule has 1 heterocycles. The lowest BCUT2D eigenvalue weighted by molar-refractivity contribution is -0.137. The van der Waals surface area contributed by atoms with Gasteiger partial charge in [0.05, 0.1) is 12.7 Å². The number of methoxy groups -OCH3 is 1. The Labute approximate surface area is 149 Å². The number of hydrogen-bond donors (Lipinski definition) is 1. The molecule has 0 aliphatic carbocycles. The summed E-state index contributed by atoms with van der Waals surface area (Å²) >= 11 is 0. The second-order valence-corrected chi connectivity index (χ2v) is 5.31. The third-order valence-corrected chi connectivity index (χ3v) is 3.59. The smallest absolute Gasteiger partial charge is 0.416 e. The number of hydrogen-bond acceptors (Lipinski definition) is 5. The molecule has 6 nitrogen and oxygen atoms in total. The number of benzene rings is 2. The van der Waals surface area contributed by atoms with Gasteiger partial charge in [-0.15, -0.1) is 0 Å². The number of rotatable bonds is 4. The van der Waals surface area contributed by atoms with Crippen molar-refractivity contribution in [3.63, 3.8) is 0 Å². The summed E-state index contributed by atoms with van der Waals surface area (Å²) < 4.78 is 61.9. The Morgan fingerprint density at radius 3 is 2.33 bits per heavy atom. The third kappa shape index (κ3) is 3.89. The fourth-order valence-electron chi connectivity index (χ4n) is 2.24. The number of nitrogens with one attached hydrogen (secondary N) is 1. The molecule has 0 fully saturated rings. The molecule has 0 amide bonds. The summed E-state index contributed by atoms with van der Waals surface area (Å²) in [5, 5.41) is 9.20. The molecule has 0 atom stereocenters. The molecule has 0 aliphatic rings. The maximum absolute atomic E-state index is 14.3. The van der Waals surface area contributed by atoms with E-state index in [9.17, 15) is 22.4 Å². The molecule has 1 aromatic heterocycles. The van der Waals surface area contributed by atoms with Crippen molar-refractivity contribution >= 4 is 5.97 Å². The zero-order valence-electron chi connectivity index (χ0n) is 13.7. The Hall–Kier alpha value is -3.43. The topological polar surface area (TPSA) is 77.1 Å². The van der Waals surface area contributed by atoms with Crippen LogP contribution in [0.25, 0.3) is 11.1 Å². The van der Waals surface area contributed by atoms with Crippen LogP contribution in [-0.2, 0) is 10.9 Å². The lowest BCUT2D eigenvalue weighted by atomic mass is 10.0. The molecule has 140 valence electrons. The highest BCUT2D eigenvalue weighted by Gasteiger charge is 2.30. The SMILES string of the molecule is COC(=O)c1[nH]nnc1Oc1ccc(-c2ccc(C(F)(F)F)cc2)cc1F. The van der Waals surface area contributed by atoms with Gasteiger partial charge in [0, 0.05) is 0 Å². The van der Waals surface area contributed by atoms with E-state index in [4.69, 9.17) is 4.74 Å². The molecule has 0 radical (unpaired) electrons. The number of halogens is 4. The van der Waals surface area contributed by atoms with Gasteiger partial charge >= 0.3 is 12.1 Å². The van der Waals surface area contributed by atoms with Crippen LogP contribution in [0.1, 0.15) is 16.1 Å². The largest absolute Gasteiger partial charge is 0.464 e. The normalized spacial score (nSPS) is 11.3. The van der Waals surface area contributed by atoms with E-state index in [2.05, 4.69) is 20.1 Å². The number of alkyl halides is 3. The zero-order valence-corrected chi connectivity index (χ0v) is 13.7. The molecule has 3 aromatic rings. The minimum atomic E-state index is -4.45. The average molecular weight is 381 g/mol. The van der Waals surface area contributed by atoms with Gasteiger partial charge < -0.3 is 9.47 Å². The van der Waals surface area contributed by atoms with Crippen LogP contribution in [0.3, 0.4) is 0 Å². The Morgan fingerprint density at radius 2 is 1.74 bits per heavy atom. The maximum Gasteiger partial charge on any atom is 0.416 e. The van der Waals surface area contributed by atoms with Crippen molar-refractivity contribution in [2.45, 2.75) is 6.18 Å². The van der Waals surface area contributed by atoms with Crippen LogP contribution >= 0.6 is 0 Å². The molecule has 1 N–H and O–H groups in total. The molecular formula is C17H11F4N3O3. The first-order chi connectivity index (χ1) is 12.8. The maximum atomic E-state index is 14.3. The fourth-order valence-corrected chi connectivity index (χ4v) is 2.24. The third-order valence-electron chi connectivity index (χ3n) is 3.59.